The summed E-state index contributed by atoms with van der Waals surface area (Å²) in [6.45, 7) is 11.5. The number of rotatable bonds is 3. The second-order valence-corrected chi connectivity index (χ2v) is 5.88. The van der Waals surface area contributed by atoms with E-state index in [9.17, 15) is 9.59 Å². The van der Waals surface area contributed by atoms with Crippen molar-refractivity contribution in [2.24, 2.45) is 0 Å². The van der Waals surface area contributed by atoms with Crippen LogP contribution in [-0.2, 0) is 9.53 Å². The van der Waals surface area contributed by atoms with Gasteiger partial charge in [0.25, 0.3) is 0 Å². The molecule has 4 nitrogen and oxygen atoms in total. The topological polar surface area (TPSA) is 46.6 Å². The van der Waals surface area contributed by atoms with Crippen molar-refractivity contribution in [1.82, 2.24) is 4.90 Å². The van der Waals surface area contributed by atoms with Gasteiger partial charge in [-0.1, -0.05) is 6.58 Å². The van der Waals surface area contributed by atoms with Gasteiger partial charge in [0.1, 0.15) is 5.60 Å². The Bertz CT molecular complexity index is 355. The minimum absolute atomic E-state index is 0.0236. The first-order valence-corrected chi connectivity index (χ1v) is 6.39. The molecule has 0 N–H and O–H groups in total. The van der Waals surface area contributed by atoms with Crippen molar-refractivity contribution in [2.75, 3.05) is 6.54 Å². The zero-order chi connectivity index (χ0) is 13.9. The number of carbonyl (C=O) groups is 2. The van der Waals surface area contributed by atoms with E-state index in [1.165, 1.54) is 0 Å². The van der Waals surface area contributed by atoms with Crippen LogP contribution in [0.5, 0.6) is 0 Å². The van der Waals surface area contributed by atoms with Crippen LogP contribution in [-0.4, -0.2) is 35.0 Å². The van der Waals surface area contributed by atoms with Crippen LogP contribution in [0.3, 0.4) is 0 Å². The molecule has 1 rings (SSSR count). The fraction of sp³-hybridized carbons (Fsp3) is 0.714. The maximum atomic E-state index is 12.0. The summed E-state index contributed by atoms with van der Waals surface area (Å²) in [6, 6.07) is -0.0379. The normalized spacial score (nSPS) is 19.8. The van der Waals surface area contributed by atoms with Crippen molar-refractivity contribution in [3.8, 4) is 0 Å². The molecule has 0 aromatic heterocycles. The van der Waals surface area contributed by atoms with E-state index in [0.717, 1.165) is 12.8 Å². The highest BCUT2D eigenvalue weighted by Crippen LogP contribution is 2.23. The van der Waals surface area contributed by atoms with Crippen LogP contribution in [0.25, 0.3) is 0 Å². The summed E-state index contributed by atoms with van der Waals surface area (Å²) in [5, 5.41) is 0. The molecule has 0 bridgehead atoms. The number of carbonyl (C=O) groups excluding carboxylic acids is 2. The van der Waals surface area contributed by atoms with E-state index in [-0.39, 0.29) is 17.9 Å². The monoisotopic (exact) mass is 253 g/mol. The lowest BCUT2D eigenvalue weighted by atomic mass is 10.0. The summed E-state index contributed by atoms with van der Waals surface area (Å²) in [7, 11) is 0. The van der Waals surface area contributed by atoms with E-state index in [1.54, 1.807) is 11.8 Å². The summed E-state index contributed by atoms with van der Waals surface area (Å²) in [5.41, 5.74) is 0.0498. The summed E-state index contributed by atoms with van der Waals surface area (Å²) in [6.07, 6.45) is 1.82. The van der Waals surface area contributed by atoms with Crippen molar-refractivity contribution in [2.45, 2.75) is 58.6 Å². The molecule has 4 heteroatoms. The van der Waals surface area contributed by atoms with Gasteiger partial charge < -0.3 is 9.64 Å². The Balaban J connectivity index is 2.62. The molecule has 1 saturated heterocycles. The molecule has 1 atom stereocenters. The van der Waals surface area contributed by atoms with Crippen molar-refractivity contribution in [3.63, 3.8) is 0 Å². The molecule has 0 saturated carbocycles. The molecule has 1 amide bonds. The summed E-state index contributed by atoms with van der Waals surface area (Å²) >= 11 is 0. The van der Waals surface area contributed by atoms with Crippen LogP contribution >= 0.6 is 0 Å². The maximum Gasteiger partial charge on any atom is 0.410 e. The van der Waals surface area contributed by atoms with E-state index in [1.807, 2.05) is 20.8 Å². The molecule has 1 aliphatic heterocycles. The van der Waals surface area contributed by atoms with Gasteiger partial charge in [-0.15, -0.1) is 0 Å². The van der Waals surface area contributed by atoms with Crippen molar-refractivity contribution < 1.29 is 14.3 Å². The van der Waals surface area contributed by atoms with Crippen LogP contribution in [0.4, 0.5) is 4.79 Å². The molecular formula is C14H23NO3. The summed E-state index contributed by atoms with van der Waals surface area (Å²) in [5.74, 6) is 0.0236. The first-order chi connectivity index (χ1) is 8.20. The molecule has 18 heavy (non-hydrogen) atoms. The average molecular weight is 253 g/mol. The number of hydrogen-bond acceptors (Lipinski definition) is 3. The fourth-order valence-corrected chi connectivity index (χ4v) is 2.00. The number of amides is 1. The van der Waals surface area contributed by atoms with Gasteiger partial charge in [0, 0.05) is 19.0 Å². The number of likely N-dealkylation sites (tertiary alicyclic amines) is 1. The third-order valence-electron chi connectivity index (χ3n) is 2.90. The second kappa shape index (κ2) is 5.55. The average Bonchev–Trinajstić information content (AvgIpc) is 2.62. The Morgan fingerprint density at radius 1 is 1.39 bits per heavy atom. The Hall–Kier alpha value is -1.32. The van der Waals surface area contributed by atoms with Gasteiger partial charge in [-0.25, -0.2) is 4.79 Å². The molecule has 0 spiro atoms. The zero-order valence-corrected chi connectivity index (χ0v) is 11.8. The quantitative estimate of drug-likeness (QED) is 0.726. The predicted molar refractivity (Wildman–Crippen MR) is 70.4 cm³/mol. The highest BCUT2D eigenvalue weighted by atomic mass is 16.6. The van der Waals surface area contributed by atoms with E-state index >= 15 is 0 Å². The number of allylic oxidation sites excluding steroid dienone is 1. The Labute approximate surface area is 109 Å². The molecule has 0 aliphatic carbocycles. The third-order valence-corrected chi connectivity index (χ3v) is 2.90. The van der Waals surface area contributed by atoms with Crippen LogP contribution in [0.1, 0.15) is 47.0 Å². The van der Waals surface area contributed by atoms with Gasteiger partial charge in [-0.3, -0.25) is 4.79 Å². The molecule has 1 heterocycles. The molecule has 102 valence electrons. The van der Waals surface area contributed by atoms with Crippen LogP contribution in [0, 0.1) is 0 Å². The van der Waals surface area contributed by atoms with Gasteiger partial charge in [0.05, 0.1) is 0 Å². The number of hydrogen-bond donors (Lipinski definition) is 0. The van der Waals surface area contributed by atoms with E-state index in [4.69, 9.17) is 4.74 Å². The highest BCUT2D eigenvalue weighted by Gasteiger charge is 2.33. The standard InChI is InChI=1S/C14H23NO3/c1-10(2)12(16)9-11-7-6-8-15(11)13(17)18-14(3,4)5/h11H,1,6-9H2,2-5H3. The fourth-order valence-electron chi connectivity index (χ4n) is 2.00. The highest BCUT2D eigenvalue weighted by molar-refractivity contribution is 5.94. The Kier molecular flexibility index (Phi) is 4.54. The lowest BCUT2D eigenvalue weighted by Crippen LogP contribution is -2.40. The number of nitrogens with zero attached hydrogens (tertiary/aromatic N) is 1. The van der Waals surface area contributed by atoms with E-state index in [2.05, 4.69) is 6.58 Å². The largest absolute Gasteiger partial charge is 0.444 e. The lowest BCUT2D eigenvalue weighted by Gasteiger charge is -2.28. The minimum atomic E-state index is -0.497. The van der Waals surface area contributed by atoms with Gasteiger partial charge in [-0.05, 0) is 46.1 Å². The van der Waals surface area contributed by atoms with Crippen LogP contribution in [0.15, 0.2) is 12.2 Å². The molecule has 0 radical (unpaired) electrons. The Morgan fingerprint density at radius 3 is 2.50 bits per heavy atom. The van der Waals surface area contributed by atoms with Crippen LogP contribution in [0.2, 0.25) is 0 Å². The maximum absolute atomic E-state index is 12.0. The minimum Gasteiger partial charge on any atom is -0.444 e. The zero-order valence-electron chi connectivity index (χ0n) is 11.8. The Morgan fingerprint density at radius 2 is 2.00 bits per heavy atom. The summed E-state index contributed by atoms with van der Waals surface area (Å²) in [4.78, 5) is 25.3. The van der Waals surface area contributed by atoms with E-state index < -0.39 is 5.60 Å². The molecule has 0 aromatic rings. The number of ether oxygens (including phenoxy) is 1. The van der Waals surface area contributed by atoms with Crippen molar-refractivity contribution >= 4 is 11.9 Å². The SMILES string of the molecule is C=C(C)C(=O)CC1CCCN1C(=O)OC(C)(C)C. The van der Waals surface area contributed by atoms with Gasteiger partial charge in [-0.2, -0.15) is 0 Å². The van der Waals surface area contributed by atoms with Gasteiger partial charge in [0.2, 0.25) is 0 Å². The number of Topliss-reactive ketones (excluding diaryl/α,β-unsaturated/α-hetero) is 1. The molecule has 1 aliphatic rings. The smallest absolute Gasteiger partial charge is 0.410 e. The predicted octanol–water partition coefficient (Wildman–Crippen LogP) is 2.92. The second-order valence-electron chi connectivity index (χ2n) is 5.88. The number of ketones is 1. The lowest BCUT2D eigenvalue weighted by molar-refractivity contribution is -0.116. The van der Waals surface area contributed by atoms with Gasteiger partial charge >= 0.3 is 6.09 Å². The molecule has 1 fully saturated rings. The van der Waals surface area contributed by atoms with Gasteiger partial charge in [0.15, 0.2) is 5.78 Å². The first-order valence-electron chi connectivity index (χ1n) is 6.39. The third kappa shape index (κ3) is 4.17. The molecule has 1 unspecified atom stereocenters. The van der Waals surface area contributed by atoms with Crippen LogP contribution < -0.4 is 0 Å². The van der Waals surface area contributed by atoms with E-state index in [0.29, 0.717) is 18.5 Å². The summed E-state index contributed by atoms with van der Waals surface area (Å²) < 4.78 is 5.35. The van der Waals surface area contributed by atoms with Crippen molar-refractivity contribution in [1.29, 1.82) is 0 Å². The van der Waals surface area contributed by atoms with Crippen molar-refractivity contribution in [3.05, 3.63) is 12.2 Å². The molecule has 0 aromatic carbocycles. The molecular weight excluding hydrogens is 230 g/mol. The first kappa shape index (κ1) is 14.7.